The van der Waals surface area contributed by atoms with Crippen LogP contribution in [0.2, 0.25) is 72.5 Å². The fourth-order valence-electron chi connectivity index (χ4n) is 24.0. The van der Waals surface area contributed by atoms with Crippen molar-refractivity contribution < 1.29 is 0 Å². The van der Waals surface area contributed by atoms with E-state index in [1.807, 2.05) is 0 Å². The van der Waals surface area contributed by atoms with E-state index in [-0.39, 0.29) is 0 Å². The standard InChI is InChI=1S/C106H138Si4/c1-67(2)55-107(56-68(3)4,57-69(5)6)103-95-47-83-37-39-85(45-87(83)49-97(95)105(109(61-73(13)14,62-74(15)16)63-75(17)18)101-53-91-43-81-33-27-25-31-79(81)41-89(91)51-99(101)103)93-35-29-30-36-94(93)86-40-38-84-48-96-98(50-88(84)46-86)106(110(64-76(19)20,65-77(21)22)66-78(23)24)102-54-92-44-82-34-28-26-32-80(82)42-90(92)52-100(102)104(96)108(58-70(7)8,59-71(9)10)60-72(11)12/h25-54,67-78H,55-66H2,1-24H3. The quantitative estimate of drug-likeness (QED) is 0.0311. The van der Waals surface area contributed by atoms with E-state index in [9.17, 15) is 0 Å². The van der Waals surface area contributed by atoms with Crippen molar-refractivity contribution >= 4 is 161 Å². The van der Waals surface area contributed by atoms with Gasteiger partial charge in [-0.15, -0.1) is 0 Å². The van der Waals surface area contributed by atoms with Crippen LogP contribution in [-0.2, 0) is 0 Å². The molecule has 0 unspecified atom stereocenters. The Balaban J connectivity index is 1.12. The van der Waals surface area contributed by atoms with Crippen molar-refractivity contribution in [2.24, 2.45) is 71.0 Å². The summed E-state index contributed by atoms with van der Waals surface area (Å²) in [5.74, 6) is 7.04. The molecule has 0 aliphatic heterocycles. The number of fused-ring (bicyclic) bond motifs is 10. The van der Waals surface area contributed by atoms with Crippen LogP contribution in [-0.4, -0.2) is 32.3 Å². The minimum absolute atomic E-state index is 0.582. The zero-order chi connectivity index (χ0) is 78.8. The van der Waals surface area contributed by atoms with Crippen LogP contribution in [0.4, 0.5) is 0 Å². The van der Waals surface area contributed by atoms with Crippen LogP contribution in [0.25, 0.3) is 130 Å². The molecule has 0 aromatic heterocycles. The van der Waals surface area contributed by atoms with Gasteiger partial charge in [0.25, 0.3) is 0 Å². The van der Waals surface area contributed by atoms with Gasteiger partial charge in [-0.2, -0.15) is 0 Å². The lowest BCUT2D eigenvalue weighted by Gasteiger charge is -2.42. The molecule has 0 saturated carbocycles. The first kappa shape index (κ1) is 81.3. The molecule has 0 aliphatic rings. The topological polar surface area (TPSA) is 0 Å². The zero-order valence-corrected chi connectivity index (χ0v) is 76.7. The average molecular weight is 1520 g/mol. The van der Waals surface area contributed by atoms with Crippen molar-refractivity contribution in [3.05, 3.63) is 182 Å². The molecule has 0 saturated heterocycles. The van der Waals surface area contributed by atoms with E-state index in [4.69, 9.17) is 0 Å². The summed E-state index contributed by atoms with van der Waals surface area (Å²) < 4.78 is 0. The Bertz CT molecular complexity index is 5070. The van der Waals surface area contributed by atoms with Crippen LogP contribution in [0.1, 0.15) is 166 Å². The molecule has 0 heterocycles. The summed E-state index contributed by atoms with van der Waals surface area (Å²) >= 11 is 0. The molecule has 0 nitrogen and oxygen atoms in total. The van der Waals surface area contributed by atoms with E-state index < -0.39 is 32.3 Å². The van der Waals surface area contributed by atoms with Gasteiger partial charge in [-0.1, -0.05) is 336 Å². The van der Waals surface area contributed by atoms with Crippen LogP contribution in [0, 0.1) is 71.0 Å². The first-order valence-electron chi connectivity index (χ1n) is 43.9. The highest BCUT2D eigenvalue weighted by atomic mass is 28.3. The first-order valence-corrected chi connectivity index (χ1v) is 54.4. The number of hydrogen-bond acceptors (Lipinski definition) is 0. The maximum atomic E-state index is 2.81. The van der Waals surface area contributed by atoms with Crippen molar-refractivity contribution in [2.75, 3.05) is 0 Å². The van der Waals surface area contributed by atoms with E-state index >= 15 is 0 Å². The van der Waals surface area contributed by atoms with Gasteiger partial charge in [0.05, 0.1) is 32.3 Å². The van der Waals surface area contributed by atoms with Crippen molar-refractivity contribution in [3.63, 3.8) is 0 Å². The van der Waals surface area contributed by atoms with Crippen LogP contribution >= 0.6 is 0 Å². The van der Waals surface area contributed by atoms with Crippen molar-refractivity contribution in [2.45, 2.75) is 239 Å². The molecule has 0 bridgehead atoms. The predicted molar refractivity (Wildman–Crippen MR) is 510 cm³/mol. The lowest BCUT2D eigenvalue weighted by Crippen LogP contribution is -2.55. The lowest BCUT2D eigenvalue weighted by molar-refractivity contribution is 0.649. The van der Waals surface area contributed by atoms with Gasteiger partial charge in [-0.05, 0) is 307 Å². The van der Waals surface area contributed by atoms with Gasteiger partial charge in [0.2, 0.25) is 0 Å². The monoisotopic (exact) mass is 1520 g/mol. The Morgan fingerprint density at radius 3 is 0.500 bits per heavy atom. The minimum Gasteiger partial charge on any atom is -0.0630 e. The summed E-state index contributed by atoms with van der Waals surface area (Å²) in [5, 5.41) is 36.2. The molecule has 0 amide bonds. The van der Waals surface area contributed by atoms with Gasteiger partial charge in [0.15, 0.2) is 0 Å². The summed E-state index contributed by atoms with van der Waals surface area (Å²) in [6.45, 7) is 61.1. The van der Waals surface area contributed by atoms with Crippen molar-refractivity contribution in [1.82, 2.24) is 0 Å². The van der Waals surface area contributed by atoms with Crippen LogP contribution in [0.5, 0.6) is 0 Å². The molecule has 13 aromatic rings. The second kappa shape index (κ2) is 32.7. The summed E-state index contributed by atoms with van der Waals surface area (Å²) in [5.41, 5.74) is 5.23. The molecular formula is C106H138Si4. The molecular weight excluding hydrogens is 1390 g/mol. The Morgan fingerprint density at radius 1 is 0.164 bits per heavy atom. The third-order valence-corrected chi connectivity index (χ3v) is 50.6. The second-order valence-electron chi connectivity index (χ2n) is 41.2. The zero-order valence-electron chi connectivity index (χ0n) is 72.7. The Hall–Kier alpha value is -6.67. The van der Waals surface area contributed by atoms with Gasteiger partial charge >= 0.3 is 0 Å². The lowest BCUT2D eigenvalue weighted by atomic mass is 9.90. The highest BCUT2D eigenvalue weighted by Gasteiger charge is 2.47. The van der Waals surface area contributed by atoms with Gasteiger partial charge in [0.1, 0.15) is 0 Å². The molecule has 0 spiro atoms. The molecule has 0 N–H and O–H groups in total. The maximum Gasteiger partial charge on any atom is 0.0891 e. The first-order chi connectivity index (χ1) is 52.2. The number of benzene rings is 13. The van der Waals surface area contributed by atoms with E-state index in [1.54, 1.807) is 63.8 Å². The van der Waals surface area contributed by atoms with Crippen LogP contribution < -0.4 is 20.7 Å². The molecule has 110 heavy (non-hydrogen) atoms. The Kier molecular flexibility index (Phi) is 24.2. The van der Waals surface area contributed by atoms with Crippen LogP contribution in [0.3, 0.4) is 0 Å². The fourth-order valence-corrected chi connectivity index (χ4v) is 53.5. The summed E-state index contributed by atoms with van der Waals surface area (Å²) in [6.07, 6.45) is 0. The third-order valence-electron chi connectivity index (χ3n) is 25.0. The maximum absolute atomic E-state index is 2.81. The molecule has 13 rings (SSSR count). The summed E-state index contributed by atoms with van der Waals surface area (Å²) in [4.78, 5) is 0. The van der Waals surface area contributed by atoms with Gasteiger partial charge in [-0.25, -0.2) is 0 Å². The smallest absolute Gasteiger partial charge is 0.0630 e. The SMILES string of the molecule is CC(C)C[Si](CC(C)C)(CC(C)C)c1c2cc3ccc(-c4ccccc4-c4ccc5cc6c([Si](CC(C)C)(CC(C)C)CC(C)C)c7cc8cc9ccccc9cc8cc7c([Si](CC(C)C)(CC(C)C)CC(C)C)c6cc5c4)cc3cc2c([Si](CC(C)C)(CC(C)C)CC(C)C)c2cc3cc4ccccc4cc3cc12. The second-order valence-corrected chi connectivity index (χ2v) is 58.3. The average Bonchev–Trinajstić information content (AvgIpc) is 0.703. The molecule has 0 aliphatic carbocycles. The predicted octanol–water partition coefficient (Wildman–Crippen LogP) is 31.0. The molecule has 0 fully saturated rings. The van der Waals surface area contributed by atoms with E-state index in [0.29, 0.717) is 71.0 Å². The highest BCUT2D eigenvalue weighted by molar-refractivity contribution is 7.00. The summed E-state index contributed by atoms with van der Waals surface area (Å²) in [7, 11) is -9.33. The van der Waals surface area contributed by atoms with Gasteiger partial charge < -0.3 is 0 Å². The normalized spacial score (nSPS) is 13.4. The van der Waals surface area contributed by atoms with Crippen LogP contribution in [0.15, 0.2) is 182 Å². The Morgan fingerprint density at radius 2 is 0.318 bits per heavy atom. The molecule has 0 radical (unpaired) electrons. The Labute approximate surface area is 669 Å². The fraction of sp³-hybridized carbons (Fsp3) is 0.453. The van der Waals surface area contributed by atoms with Crippen molar-refractivity contribution in [1.29, 1.82) is 0 Å². The highest BCUT2D eigenvalue weighted by Crippen LogP contribution is 2.48. The van der Waals surface area contributed by atoms with E-state index in [1.165, 1.54) is 159 Å². The number of rotatable bonds is 30. The largest absolute Gasteiger partial charge is 0.0891 e. The molecule has 578 valence electrons. The van der Waals surface area contributed by atoms with Gasteiger partial charge in [-0.3, -0.25) is 0 Å². The molecule has 13 aromatic carbocycles. The van der Waals surface area contributed by atoms with E-state index in [0.717, 1.165) is 0 Å². The minimum atomic E-state index is -2.35. The third kappa shape index (κ3) is 16.5. The number of hydrogen-bond donors (Lipinski definition) is 0. The molecule has 4 heteroatoms. The van der Waals surface area contributed by atoms with E-state index in [2.05, 4.69) is 348 Å². The van der Waals surface area contributed by atoms with Crippen molar-refractivity contribution in [3.8, 4) is 22.3 Å². The molecule has 0 atom stereocenters. The summed E-state index contributed by atoms with van der Waals surface area (Å²) in [6, 6.07) is 91.2. The van der Waals surface area contributed by atoms with Gasteiger partial charge in [0, 0.05) is 0 Å².